The third kappa shape index (κ3) is 2.92. The van der Waals surface area contributed by atoms with Gasteiger partial charge < -0.3 is 4.42 Å². The van der Waals surface area contributed by atoms with Gasteiger partial charge in [0.15, 0.2) is 6.20 Å². The Hall–Kier alpha value is -3.90. The molecular weight excluding hydrogens is 380 g/mol. The molecule has 5 rings (SSSR count). The summed E-state index contributed by atoms with van der Waals surface area (Å²) in [4.78, 5) is 0. The minimum Gasteiger partial charge on any atom is -0.454 e. The zero-order valence-corrected chi connectivity index (χ0v) is 18.2. The van der Waals surface area contributed by atoms with Crippen LogP contribution >= 0.6 is 0 Å². The van der Waals surface area contributed by atoms with Gasteiger partial charge in [-0.05, 0) is 55.7 Å². The van der Waals surface area contributed by atoms with Crippen LogP contribution in [0.4, 0.5) is 0 Å². The molecule has 0 aliphatic rings. The molecule has 0 amide bonds. The average molecular weight is 404 g/mol. The number of aromatic nitrogens is 1. The Kier molecular flexibility index (Phi) is 4.38. The third-order valence-corrected chi connectivity index (χ3v) is 6.10. The highest BCUT2D eigenvalue weighted by molar-refractivity contribution is 6.14. The maximum atomic E-state index is 9.88. The molecule has 0 saturated carbocycles. The van der Waals surface area contributed by atoms with Gasteiger partial charge in [-0.15, -0.1) is 0 Å². The van der Waals surface area contributed by atoms with Crippen molar-refractivity contribution < 1.29 is 8.98 Å². The summed E-state index contributed by atoms with van der Waals surface area (Å²) in [6, 6.07) is 23.1. The van der Waals surface area contributed by atoms with E-state index in [1.165, 1.54) is 5.56 Å². The molecule has 5 aromatic rings. The van der Waals surface area contributed by atoms with Gasteiger partial charge in [-0.1, -0.05) is 35.9 Å². The highest BCUT2D eigenvalue weighted by Gasteiger charge is 2.23. The van der Waals surface area contributed by atoms with Crippen molar-refractivity contribution in [1.29, 1.82) is 5.26 Å². The molecule has 2 heterocycles. The van der Waals surface area contributed by atoms with Gasteiger partial charge in [-0.3, -0.25) is 0 Å². The first-order valence-electron chi connectivity index (χ1n) is 10.4. The Balaban J connectivity index is 1.93. The quantitative estimate of drug-likeness (QED) is 0.314. The van der Waals surface area contributed by atoms with Crippen LogP contribution in [0.5, 0.6) is 0 Å². The predicted molar refractivity (Wildman–Crippen MR) is 125 cm³/mol. The smallest absolute Gasteiger partial charge is 0.216 e. The first-order chi connectivity index (χ1) is 15.0. The molecule has 3 aromatic carbocycles. The number of benzene rings is 3. The maximum absolute atomic E-state index is 9.88. The van der Waals surface area contributed by atoms with E-state index >= 15 is 0 Å². The van der Waals surface area contributed by atoms with Crippen molar-refractivity contribution in [3.63, 3.8) is 0 Å². The maximum Gasteiger partial charge on any atom is 0.216 e. The van der Waals surface area contributed by atoms with Crippen LogP contribution in [-0.2, 0) is 7.05 Å². The standard InChI is InChI=1S/C28H23N2O/c1-17-8-11-21(19(3)15-17)26-20(16-29)10-13-23-22-12-9-18(2)25(27(22)31-28(23)26)24-7-5-6-14-30(24)4/h5-15H,1-4H3/q+1. The monoisotopic (exact) mass is 403 g/mol. The lowest BCUT2D eigenvalue weighted by Crippen LogP contribution is -2.30. The van der Waals surface area contributed by atoms with Crippen molar-refractivity contribution in [3.05, 3.63) is 89.1 Å². The van der Waals surface area contributed by atoms with E-state index < -0.39 is 0 Å². The van der Waals surface area contributed by atoms with E-state index in [-0.39, 0.29) is 0 Å². The van der Waals surface area contributed by atoms with E-state index in [1.54, 1.807) is 0 Å². The van der Waals surface area contributed by atoms with Crippen LogP contribution in [-0.4, -0.2) is 0 Å². The van der Waals surface area contributed by atoms with Crippen molar-refractivity contribution in [2.24, 2.45) is 7.05 Å². The molecular formula is C28H23N2O+. The Labute approximate surface area is 181 Å². The van der Waals surface area contributed by atoms with Crippen LogP contribution in [0.2, 0.25) is 0 Å². The van der Waals surface area contributed by atoms with Crippen molar-refractivity contribution >= 4 is 21.9 Å². The first-order valence-corrected chi connectivity index (χ1v) is 10.4. The lowest BCUT2D eigenvalue weighted by molar-refractivity contribution is -0.660. The molecule has 0 saturated heterocycles. The average Bonchev–Trinajstić information content (AvgIpc) is 3.13. The summed E-state index contributed by atoms with van der Waals surface area (Å²) in [6.45, 7) is 6.28. The molecule has 0 aliphatic carbocycles. The van der Waals surface area contributed by atoms with Gasteiger partial charge in [0.25, 0.3) is 0 Å². The lowest BCUT2D eigenvalue weighted by atomic mass is 9.93. The third-order valence-electron chi connectivity index (χ3n) is 6.10. The number of aryl methyl sites for hydroxylation is 4. The number of pyridine rings is 1. The SMILES string of the molecule is Cc1ccc(-c2c(C#N)ccc3c2oc2c(-c4cccc[n+]4C)c(C)ccc23)c(C)c1. The highest BCUT2D eigenvalue weighted by atomic mass is 16.3. The van der Waals surface area contributed by atoms with E-state index in [0.29, 0.717) is 5.56 Å². The fraction of sp³-hybridized carbons (Fsp3) is 0.143. The van der Waals surface area contributed by atoms with Crippen LogP contribution in [0.3, 0.4) is 0 Å². The van der Waals surface area contributed by atoms with E-state index in [9.17, 15) is 5.26 Å². The fourth-order valence-electron chi connectivity index (χ4n) is 4.56. The summed E-state index contributed by atoms with van der Waals surface area (Å²) in [6.07, 6.45) is 2.05. The van der Waals surface area contributed by atoms with E-state index in [2.05, 4.69) is 67.8 Å². The van der Waals surface area contributed by atoms with E-state index in [1.807, 2.05) is 37.5 Å². The number of nitrogens with zero attached hydrogens (tertiary/aromatic N) is 2. The molecule has 150 valence electrons. The van der Waals surface area contributed by atoms with Crippen molar-refractivity contribution in [1.82, 2.24) is 0 Å². The zero-order chi connectivity index (χ0) is 21.7. The van der Waals surface area contributed by atoms with Gasteiger partial charge in [0.2, 0.25) is 5.69 Å². The molecule has 0 spiro atoms. The minimum absolute atomic E-state index is 0.627. The zero-order valence-electron chi connectivity index (χ0n) is 18.2. The Morgan fingerprint density at radius 1 is 0.806 bits per heavy atom. The second-order valence-corrected chi connectivity index (χ2v) is 8.23. The summed E-state index contributed by atoms with van der Waals surface area (Å²) in [7, 11) is 2.05. The summed E-state index contributed by atoms with van der Waals surface area (Å²) in [5, 5.41) is 12.0. The first kappa shape index (κ1) is 19.1. The van der Waals surface area contributed by atoms with Crippen molar-refractivity contribution in [2.45, 2.75) is 20.8 Å². The number of rotatable bonds is 2. The van der Waals surface area contributed by atoms with Gasteiger partial charge >= 0.3 is 0 Å². The molecule has 0 bridgehead atoms. The van der Waals surface area contributed by atoms with Crippen molar-refractivity contribution in [2.75, 3.05) is 0 Å². The molecule has 3 heteroatoms. The molecule has 31 heavy (non-hydrogen) atoms. The van der Waals surface area contributed by atoms with Crippen LogP contribution in [0.1, 0.15) is 22.3 Å². The predicted octanol–water partition coefficient (Wildman–Crippen LogP) is 6.54. The Bertz CT molecular complexity index is 1530. The van der Waals surface area contributed by atoms with Gasteiger partial charge in [-0.2, -0.15) is 5.26 Å². The normalized spacial score (nSPS) is 11.2. The summed E-state index contributed by atoms with van der Waals surface area (Å²) in [5.41, 5.74) is 9.83. The van der Waals surface area contributed by atoms with Gasteiger partial charge in [0, 0.05) is 28.5 Å². The molecule has 0 fully saturated rings. The van der Waals surface area contributed by atoms with Crippen LogP contribution < -0.4 is 4.57 Å². The summed E-state index contributed by atoms with van der Waals surface area (Å²) < 4.78 is 8.73. The molecule has 0 N–H and O–H groups in total. The highest BCUT2D eigenvalue weighted by Crippen LogP contribution is 2.42. The van der Waals surface area contributed by atoms with Gasteiger partial charge in [0.05, 0.1) is 17.2 Å². The number of fused-ring (bicyclic) bond motifs is 3. The van der Waals surface area contributed by atoms with Gasteiger partial charge in [0.1, 0.15) is 18.2 Å². The van der Waals surface area contributed by atoms with E-state index in [0.717, 1.165) is 55.4 Å². The van der Waals surface area contributed by atoms with E-state index in [4.69, 9.17) is 4.42 Å². The fourth-order valence-corrected chi connectivity index (χ4v) is 4.56. The molecule has 3 nitrogen and oxygen atoms in total. The van der Waals surface area contributed by atoms with Crippen LogP contribution in [0.15, 0.2) is 71.3 Å². The number of hydrogen-bond donors (Lipinski definition) is 0. The number of nitriles is 1. The number of hydrogen-bond acceptors (Lipinski definition) is 2. The second-order valence-electron chi connectivity index (χ2n) is 8.23. The molecule has 0 unspecified atom stereocenters. The molecule has 2 aromatic heterocycles. The molecule has 0 radical (unpaired) electrons. The van der Waals surface area contributed by atoms with Gasteiger partial charge in [-0.25, -0.2) is 4.57 Å². The van der Waals surface area contributed by atoms with Crippen molar-refractivity contribution in [3.8, 4) is 28.5 Å². The molecule has 0 aliphatic heterocycles. The lowest BCUT2D eigenvalue weighted by Gasteiger charge is -2.09. The minimum atomic E-state index is 0.627. The Morgan fingerprint density at radius 2 is 1.55 bits per heavy atom. The summed E-state index contributed by atoms with van der Waals surface area (Å²) in [5.74, 6) is 0. The number of furan rings is 1. The Morgan fingerprint density at radius 3 is 2.26 bits per heavy atom. The second kappa shape index (κ2) is 7.11. The summed E-state index contributed by atoms with van der Waals surface area (Å²) >= 11 is 0. The molecule has 0 atom stereocenters. The topological polar surface area (TPSA) is 40.8 Å². The van der Waals surface area contributed by atoms with Crippen LogP contribution in [0, 0.1) is 32.1 Å². The van der Waals surface area contributed by atoms with Crippen LogP contribution in [0.25, 0.3) is 44.3 Å². The largest absolute Gasteiger partial charge is 0.454 e.